The molecule has 1 fully saturated rings. The molecule has 1 aliphatic heterocycles. The summed E-state index contributed by atoms with van der Waals surface area (Å²) in [5.41, 5.74) is 2.12. The Bertz CT molecular complexity index is 1070. The van der Waals surface area contributed by atoms with E-state index in [0.717, 1.165) is 36.5 Å². The summed E-state index contributed by atoms with van der Waals surface area (Å²) < 4.78 is 3.77. The van der Waals surface area contributed by atoms with Gasteiger partial charge in [0, 0.05) is 38.4 Å². The van der Waals surface area contributed by atoms with Gasteiger partial charge in [0.1, 0.15) is 11.3 Å². The molecule has 1 aliphatic rings. The first kappa shape index (κ1) is 15.8. The summed E-state index contributed by atoms with van der Waals surface area (Å²) in [5.74, 6) is 2.22. The van der Waals surface area contributed by atoms with Crippen molar-refractivity contribution in [2.45, 2.75) is 18.9 Å². The van der Waals surface area contributed by atoms with Crippen LogP contribution in [0.25, 0.3) is 5.52 Å². The number of hydrogen-bond donors (Lipinski definition) is 1. The zero-order valence-electron chi connectivity index (χ0n) is 15.0. The van der Waals surface area contributed by atoms with Crippen LogP contribution in [0.15, 0.2) is 55.4 Å². The Kier molecular flexibility index (Phi) is 3.74. The highest BCUT2D eigenvalue weighted by Gasteiger charge is 2.29. The van der Waals surface area contributed by atoms with Crippen LogP contribution in [0.2, 0.25) is 0 Å². The highest BCUT2D eigenvalue weighted by Crippen LogP contribution is 2.35. The van der Waals surface area contributed by atoms with Gasteiger partial charge in [0.25, 0.3) is 0 Å². The van der Waals surface area contributed by atoms with Crippen molar-refractivity contribution in [1.82, 2.24) is 29.1 Å². The van der Waals surface area contributed by atoms with E-state index in [9.17, 15) is 0 Å². The Morgan fingerprint density at radius 1 is 1.22 bits per heavy atom. The largest absolute Gasteiger partial charge is 0.338 e. The molecule has 0 saturated carbocycles. The number of pyridine rings is 1. The summed E-state index contributed by atoms with van der Waals surface area (Å²) >= 11 is 0. The SMILES string of the molecule is Cn1cnc(Nc2nc(N3CCC[C@H]3c3cccnc3)nn3cccc23)c1. The summed E-state index contributed by atoms with van der Waals surface area (Å²) in [7, 11) is 1.94. The number of aryl methyl sites for hydroxylation is 1. The van der Waals surface area contributed by atoms with Gasteiger partial charge in [0.05, 0.1) is 12.4 Å². The van der Waals surface area contributed by atoms with Gasteiger partial charge < -0.3 is 14.8 Å². The van der Waals surface area contributed by atoms with E-state index in [2.05, 4.69) is 26.3 Å². The van der Waals surface area contributed by atoms with Crippen LogP contribution in [0.4, 0.5) is 17.6 Å². The average molecular weight is 360 g/mol. The minimum atomic E-state index is 0.245. The minimum absolute atomic E-state index is 0.245. The van der Waals surface area contributed by atoms with Crippen LogP contribution in [0.3, 0.4) is 0 Å². The quantitative estimate of drug-likeness (QED) is 0.603. The molecule has 1 saturated heterocycles. The maximum absolute atomic E-state index is 4.85. The number of hydrogen-bond acceptors (Lipinski definition) is 6. The first-order valence-electron chi connectivity index (χ1n) is 9.05. The van der Waals surface area contributed by atoms with Crippen LogP contribution >= 0.6 is 0 Å². The smallest absolute Gasteiger partial charge is 0.246 e. The number of fused-ring (bicyclic) bond motifs is 1. The zero-order chi connectivity index (χ0) is 18.2. The van der Waals surface area contributed by atoms with Gasteiger partial charge in [-0.2, -0.15) is 4.98 Å². The number of aromatic nitrogens is 6. The molecule has 0 aliphatic carbocycles. The zero-order valence-corrected chi connectivity index (χ0v) is 15.0. The lowest BCUT2D eigenvalue weighted by Gasteiger charge is -2.25. The van der Waals surface area contributed by atoms with Crippen molar-refractivity contribution in [3.63, 3.8) is 0 Å². The molecule has 136 valence electrons. The lowest BCUT2D eigenvalue weighted by atomic mass is 10.1. The third kappa shape index (κ3) is 2.88. The second kappa shape index (κ2) is 6.39. The number of nitrogens with one attached hydrogen (secondary N) is 1. The van der Waals surface area contributed by atoms with Crippen molar-refractivity contribution in [1.29, 1.82) is 0 Å². The van der Waals surface area contributed by atoms with E-state index in [-0.39, 0.29) is 6.04 Å². The van der Waals surface area contributed by atoms with Crippen molar-refractivity contribution in [2.75, 3.05) is 16.8 Å². The molecule has 8 heteroatoms. The van der Waals surface area contributed by atoms with Gasteiger partial charge in [-0.1, -0.05) is 6.07 Å². The van der Waals surface area contributed by atoms with Gasteiger partial charge in [-0.25, -0.2) is 9.50 Å². The van der Waals surface area contributed by atoms with Gasteiger partial charge in [0.15, 0.2) is 5.82 Å². The molecular formula is C19H20N8. The number of anilines is 3. The van der Waals surface area contributed by atoms with Gasteiger partial charge in [0.2, 0.25) is 5.95 Å². The second-order valence-electron chi connectivity index (χ2n) is 6.79. The van der Waals surface area contributed by atoms with Crippen molar-refractivity contribution < 1.29 is 0 Å². The van der Waals surface area contributed by atoms with Gasteiger partial charge in [-0.15, -0.1) is 5.10 Å². The summed E-state index contributed by atoms with van der Waals surface area (Å²) in [6, 6.07) is 8.32. The normalized spacial score (nSPS) is 16.9. The molecule has 1 N–H and O–H groups in total. The van der Waals surface area contributed by atoms with Gasteiger partial charge in [-0.3, -0.25) is 4.98 Å². The van der Waals surface area contributed by atoms with Crippen LogP contribution in [0.1, 0.15) is 24.4 Å². The Balaban J connectivity index is 1.55. The van der Waals surface area contributed by atoms with E-state index in [1.54, 1.807) is 12.5 Å². The lowest BCUT2D eigenvalue weighted by molar-refractivity contribution is 0.687. The molecule has 4 aromatic heterocycles. The molecule has 0 spiro atoms. The Morgan fingerprint density at radius 2 is 2.19 bits per heavy atom. The molecule has 0 amide bonds. The average Bonchev–Trinajstić information content (AvgIpc) is 3.42. The Labute approximate surface area is 156 Å². The van der Waals surface area contributed by atoms with Crippen molar-refractivity contribution in [2.24, 2.45) is 7.05 Å². The van der Waals surface area contributed by atoms with Crippen molar-refractivity contribution in [3.8, 4) is 0 Å². The maximum Gasteiger partial charge on any atom is 0.246 e. The molecular weight excluding hydrogens is 340 g/mol. The molecule has 8 nitrogen and oxygen atoms in total. The van der Waals surface area contributed by atoms with Crippen molar-refractivity contribution in [3.05, 3.63) is 60.9 Å². The molecule has 0 radical (unpaired) electrons. The monoisotopic (exact) mass is 360 g/mol. The Morgan fingerprint density at radius 3 is 3.00 bits per heavy atom. The molecule has 0 aromatic carbocycles. The topological polar surface area (TPSA) is 76.2 Å². The summed E-state index contributed by atoms with van der Waals surface area (Å²) in [6.07, 6.45) is 11.6. The minimum Gasteiger partial charge on any atom is -0.338 e. The van der Waals surface area contributed by atoms with Crippen LogP contribution in [-0.4, -0.2) is 35.7 Å². The van der Waals surface area contributed by atoms with Crippen LogP contribution in [0.5, 0.6) is 0 Å². The molecule has 0 unspecified atom stereocenters. The van der Waals surface area contributed by atoms with Gasteiger partial charge >= 0.3 is 0 Å². The Hall–Kier alpha value is -3.42. The first-order chi connectivity index (χ1) is 13.3. The summed E-state index contributed by atoms with van der Waals surface area (Å²) in [5, 5.41) is 8.08. The fraction of sp³-hybridized carbons (Fsp3) is 0.263. The third-order valence-electron chi connectivity index (χ3n) is 4.91. The fourth-order valence-electron chi connectivity index (χ4n) is 3.66. The third-order valence-corrected chi connectivity index (χ3v) is 4.91. The number of nitrogens with zero attached hydrogens (tertiary/aromatic N) is 7. The molecule has 27 heavy (non-hydrogen) atoms. The molecule has 1 atom stereocenters. The van der Waals surface area contributed by atoms with E-state index in [1.807, 2.05) is 52.9 Å². The lowest BCUT2D eigenvalue weighted by Crippen LogP contribution is -2.26. The van der Waals surface area contributed by atoms with E-state index in [4.69, 9.17) is 10.1 Å². The van der Waals surface area contributed by atoms with E-state index >= 15 is 0 Å². The van der Waals surface area contributed by atoms with Crippen molar-refractivity contribution >= 4 is 23.1 Å². The summed E-state index contributed by atoms with van der Waals surface area (Å²) in [6.45, 7) is 0.926. The van der Waals surface area contributed by atoms with Crippen LogP contribution in [0, 0.1) is 0 Å². The van der Waals surface area contributed by atoms with E-state index in [1.165, 1.54) is 5.56 Å². The second-order valence-corrected chi connectivity index (χ2v) is 6.79. The standard InChI is InChI=1S/C19H20N8/c1-25-12-17(21-13-25)22-18-16-7-4-10-27(16)24-19(23-18)26-9-3-6-15(26)14-5-2-8-20-11-14/h2,4-5,7-8,10-13,15H,3,6,9H2,1H3,(H,22,23,24)/t15-/m0/s1. The van der Waals surface area contributed by atoms with Gasteiger partial charge in [-0.05, 0) is 36.6 Å². The maximum atomic E-state index is 4.85. The fourth-order valence-corrected chi connectivity index (χ4v) is 3.66. The predicted molar refractivity (Wildman–Crippen MR) is 103 cm³/mol. The summed E-state index contributed by atoms with van der Waals surface area (Å²) in [4.78, 5) is 15.7. The molecule has 5 rings (SSSR count). The number of rotatable bonds is 4. The van der Waals surface area contributed by atoms with Crippen LogP contribution in [-0.2, 0) is 7.05 Å². The van der Waals surface area contributed by atoms with E-state index < -0.39 is 0 Å². The highest BCUT2D eigenvalue weighted by atomic mass is 15.4. The van der Waals surface area contributed by atoms with E-state index in [0.29, 0.717) is 5.95 Å². The first-order valence-corrected chi connectivity index (χ1v) is 9.05. The number of imidazole rings is 1. The molecule has 5 heterocycles. The molecule has 4 aromatic rings. The molecule has 0 bridgehead atoms. The highest BCUT2D eigenvalue weighted by molar-refractivity contribution is 5.73. The predicted octanol–water partition coefficient (Wildman–Crippen LogP) is 2.94. The van der Waals surface area contributed by atoms with Crippen LogP contribution < -0.4 is 10.2 Å².